The number of aromatic amines is 1. The Kier molecular flexibility index (Phi) is 3.01. The maximum atomic E-state index is 12.7. The van der Waals surface area contributed by atoms with Gasteiger partial charge >= 0.3 is 0 Å². The van der Waals surface area contributed by atoms with Crippen molar-refractivity contribution in [2.45, 2.75) is 13.8 Å². The predicted octanol–water partition coefficient (Wildman–Crippen LogP) is 1.81. The number of H-pyrrole nitrogens is 1. The number of carbonyl (C=O) groups is 1. The summed E-state index contributed by atoms with van der Waals surface area (Å²) < 4.78 is 0. The molecule has 0 saturated carbocycles. The van der Waals surface area contributed by atoms with Crippen molar-refractivity contribution in [1.29, 1.82) is 0 Å². The fourth-order valence-corrected chi connectivity index (χ4v) is 3.91. The van der Waals surface area contributed by atoms with Gasteiger partial charge in [-0.25, -0.2) is 4.98 Å². The van der Waals surface area contributed by atoms with Crippen LogP contribution in [0.4, 0.5) is 0 Å². The van der Waals surface area contributed by atoms with E-state index in [1.54, 1.807) is 0 Å². The molecule has 0 bridgehead atoms. The molecular formula is C17H22N4O. The molecule has 1 amide bonds. The quantitative estimate of drug-likeness (QED) is 0.873. The minimum atomic E-state index is 0.0450. The zero-order valence-electron chi connectivity index (χ0n) is 13.4. The van der Waals surface area contributed by atoms with E-state index in [0.29, 0.717) is 17.7 Å². The zero-order valence-corrected chi connectivity index (χ0v) is 13.4. The number of nitrogens with one attached hydrogen (secondary N) is 1. The molecule has 1 N–H and O–H groups in total. The number of imidazole rings is 1. The van der Waals surface area contributed by atoms with Gasteiger partial charge in [-0.2, -0.15) is 0 Å². The third-order valence-electron chi connectivity index (χ3n) is 5.26. The SMILES string of the molecule is Cc1cc2nc(C(=O)N3C[C@H]4CN(C)C[C@H]4C3)[nH]c2cc1C. The van der Waals surface area contributed by atoms with Crippen LogP contribution in [0, 0.1) is 25.7 Å². The number of aromatic nitrogens is 2. The first-order chi connectivity index (χ1) is 10.5. The number of carbonyl (C=O) groups excluding carboxylic acids is 1. The molecule has 2 aromatic rings. The first-order valence-electron chi connectivity index (χ1n) is 7.96. The summed E-state index contributed by atoms with van der Waals surface area (Å²) >= 11 is 0. The lowest BCUT2D eigenvalue weighted by atomic mass is 10.0. The van der Waals surface area contributed by atoms with Crippen molar-refractivity contribution in [3.8, 4) is 0 Å². The van der Waals surface area contributed by atoms with E-state index in [-0.39, 0.29) is 5.91 Å². The van der Waals surface area contributed by atoms with Gasteiger partial charge in [0.25, 0.3) is 5.91 Å². The molecule has 116 valence electrons. The first-order valence-corrected chi connectivity index (χ1v) is 7.96. The van der Waals surface area contributed by atoms with Crippen LogP contribution in [-0.2, 0) is 0 Å². The highest BCUT2D eigenvalue weighted by atomic mass is 16.2. The van der Waals surface area contributed by atoms with E-state index in [0.717, 1.165) is 37.2 Å². The van der Waals surface area contributed by atoms with Gasteiger partial charge in [-0.05, 0) is 56.0 Å². The van der Waals surface area contributed by atoms with Crippen molar-refractivity contribution in [3.05, 3.63) is 29.1 Å². The molecule has 2 fully saturated rings. The Morgan fingerprint density at radius 2 is 1.77 bits per heavy atom. The highest BCUT2D eigenvalue weighted by molar-refractivity contribution is 5.94. The molecule has 0 spiro atoms. The number of hydrogen-bond donors (Lipinski definition) is 1. The highest BCUT2D eigenvalue weighted by Crippen LogP contribution is 2.31. The van der Waals surface area contributed by atoms with Gasteiger partial charge in [0.2, 0.25) is 0 Å². The Labute approximate surface area is 130 Å². The van der Waals surface area contributed by atoms with Gasteiger partial charge in [0.05, 0.1) is 11.0 Å². The largest absolute Gasteiger partial charge is 0.335 e. The lowest BCUT2D eigenvalue weighted by molar-refractivity contribution is 0.0765. The molecule has 2 aliphatic heterocycles. The van der Waals surface area contributed by atoms with Gasteiger partial charge in [-0.3, -0.25) is 4.79 Å². The third-order valence-corrected chi connectivity index (χ3v) is 5.26. The molecule has 2 saturated heterocycles. The number of likely N-dealkylation sites (tertiary alicyclic amines) is 2. The van der Waals surface area contributed by atoms with Crippen LogP contribution in [-0.4, -0.2) is 58.9 Å². The fourth-order valence-electron chi connectivity index (χ4n) is 3.91. The number of benzene rings is 1. The molecule has 1 aromatic heterocycles. The Morgan fingerprint density at radius 1 is 1.14 bits per heavy atom. The van der Waals surface area contributed by atoms with Crippen LogP contribution in [0.25, 0.3) is 11.0 Å². The third kappa shape index (κ3) is 2.11. The van der Waals surface area contributed by atoms with Crippen LogP contribution < -0.4 is 0 Å². The van der Waals surface area contributed by atoms with E-state index in [4.69, 9.17) is 0 Å². The highest BCUT2D eigenvalue weighted by Gasteiger charge is 2.41. The average molecular weight is 298 g/mol. The van der Waals surface area contributed by atoms with Crippen LogP contribution in [0.1, 0.15) is 21.7 Å². The summed E-state index contributed by atoms with van der Waals surface area (Å²) in [5.74, 6) is 1.78. The monoisotopic (exact) mass is 298 g/mol. The molecule has 0 aliphatic carbocycles. The number of amides is 1. The minimum Gasteiger partial charge on any atom is -0.335 e. The Balaban J connectivity index is 1.58. The van der Waals surface area contributed by atoms with Crippen molar-refractivity contribution in [2.24, 2.45) is 11.8 Å². The second-order valence-corrected chi connectivity index (χ2v) is 6.99. The number of nitrogens with zero attached hydrogens (tertiary/aromatic N) is 3. The van der Waals surface area contributed by atoms with E-state index in [1.807, 2.05) is 11.0 Å². The van der Waals surface area contributed by atoms with Crippen molar-refractivity contribution in [1.82, 2.24) is 19.8 Å². The van der Waals surface area contributed by atoms with Gasteiger partial charge in [0.15, 0.2) is 5.82 Å². The summed E-state index contributed by atoms with van der Waals surface area (Å²) in [6.07, 6.45) is 0. The van der Waals surface area contributed by atoms with Crippen molar-refractivity contribution in [2.75, 3.05) is 33.2 Å². The molecular weight excluding hydrogens is 276 g/mol. The summed E-state index contributed by atoms with van der Waals surface area (Å²) in [5.41, 5.74) is 4.25. The molecule has 1 aromatic carbocycles. The molecule has 3 heterocycles. The van der Waals surface area contributed by atoms with E-state index in [2.05, 4.69) is 41.8 Å². The standard InChI is InChI=1S/C17H22N4O/c1-10-4-14-15(5-11(10)2)19-16(18-14)17(22)21-8-12-6-20(3)7-13(12)9-21/h4-5,12-13H,6-9H2,1-3H3,(H,18,19)/t12-,13+. The summed E-state index contributed by atoms with van der Waals surface area (Å²) in [6, 6.07) is 4.12. The van der Waals surface area contributed by atoms with Crippen LogP contribution >= 0.6 is 0 Å². The number of fused-ring (bicyclic) bond motifs is 2. The van der Waals surface area contributed by atoms with E-state index < -0.39 is 0 Å². The molecule has 2 aliphatic rings. The summed E-state index contributed by atoms with van der Waals surface area (Å²) in [6.45, 7) is 8.09. The van der Waals surface area contributed by atoms with Gasteiger partial charge in [-0.15, -0.1) is 0 Å². The van der Waals surface area contributed by atoms with Crippen molar-refractivity contribution < 1.29 is 4.79 Å². The summed E-state index contributed by atoms with van der Waals surface area (Å²) in [4.78, 5) is 24.8. The lowest BCUT2D eigenvalue weighted by Crippen LogP contribution is -2.32. The molecule has 2 atom stereocenters. The normalized spacial score (nSPS) is 25.1. The zero-order chi connectivity index (χ0) is 15.4. The molecule has 0 radical (unpaired) electrons. The molecule has 4 rings (SSSR count). The van der Waals surface area contributed by atoms with E-state index in [9.17, 15) is 4.79 Å². The minimum absolute atomic E-state index is 0.0450. The maximum Gasteiger partial charge on any atom is 0.289 e. The molecule has 22 heavy (non-hydrogen) atoms. The molecule has 5 heteroatoms. The lowest BCUT2D eigenvalue weighted by Gasteiger charge is -2.18. The second kappa shape index (κ2) is 4.81. The first kappa shape index (κ1) is 13.8. The Hall–Kier alpha value is -1.88. The van der Waals surface area contributed by atoms with Gasteiger partial charge in [0.1, 0.15) is 0 Å². The van der Waals surface area contributed by atoms with Gasteiger partial charge in [-0.1, -0.05) is 0 Å². The van der Waals surface area contributed by atoms with Crippen LogP contribution in [0.5, 0.6) is 0 Å². The smallest absolute Gasteiger partial charge is 0.289 e. The van der Waals surface area contributed by atoms with Crippen molar-refractivity contribution >= 4 is 16.9 Å². The topological polar surface area (TPSA) is 52.2 Å². The number of rotatable bonds is 1. The number of aryl methyl sites for hydroxylation is 2. The maximum absolute atomic E-state index is 12.7. The number of hydrogen-bond acceptors (Lipinski definition) is 3. The van der Waals surface area contributed by atoms with Gasteiger partial charge in [0, 0.05) is 26.2 Å². The van der Waals surface area contributed by atoms with E-state index in [1.165, 1.54) is 11.1 Å². The predicted molar refractivity (Wildman–Crippen MR) is 85.9 cm³/mol. The second-order valence-electron chi connectivity index (χ2n) is 6.99. The van der Waals surface area contributed by atoms with Crippen LogP contribution in [0.15, 0.2) is 12.1 Å². The summed E-state index contributed by atoms with van der Waals surface area (Å²) in [7, 11) is 2.16. The fraction of sp³-hybridized carbons (Fsp3) is 0.529. The molecule has 0 unspecified atom stereocenters. The Bertz CT molecular complexity index is 697. The summed E-state index contributed by atoms with van der Waals surface area (Å²) in [5, 5.41) is 0. The van der Waals surface area contributed by atoms with Gasteiger partial charge < -0.3 is 14.8 Å². The van der Waals surface area contributed by atoms with Crippen molar-refractivity contribution in [3.63, 3.8) is 0 Å². The van der Waals surface area contributed by atoms with Crippen LogP contribution in [0.2, 0.25) is 0 Å². The molecule has 5 nitrogen and oxygen atoms in total. The Morgan fingerprint density at radius 3 is 2.45 bits per heavy atom. The van der Waals surface area contributed by atoms with Crippen LogP contribution in [0.3, 0.4) is 0 Å². The van der Waals surface area contributed by atoms with E-state index >= 15 is 0 Å². The average Bonchev–Trinajstić information content (AvgIpc) is 3.10.